The highest BCUT2D eigenvalue weighted by molar-refractivity contribution is 14.1. The van der Waals surface area contributed by atoms with E-state index >= 15 is 0 Å². The second-order valence-corrected chi connectivity index (χ2v) is 7.01. The number of rotatable bonds is 0. The molecule has 0 heterocycles. The largest absolute Gasteiger partial charge is 0.0817 e. The van der Waals surface area contributed by atoms with E-state index in [1.165, 1.54) is 12.8 Å². The first-order valence-corrected chi connectivity index (χ1v) is 6.16. The monoisotopic (exact) mass is 280 g/mol. The normalized spacial score (nSPS) is 39.5. The quantitative estimate of drug-likeness (QED) is 0.459. The molecular formula is C11H21I. The molecule has 0 amide bonds. The standard InChI is InChI=1S/C11H21I/c1-8-9(12)11(4,5)7-6-10(8,2)3/h8-9H,6-7H2,1-5H3. The maximum absolute atomic E-state index is 2.65. The van der Waals surface area contributed by atoms with Gasteiger partial charge in [0.25, 0.3) is 0 Å². The predicted molar refractivity (Wildman–Crippen MR) is 63.8 cm³/mol. The molecule has 0 nitrogen and oxygen atoms in total. The van der Waals surface area contributed by atoms with Crippen LogP contribution in [0.25, 0.3) is 0 Å². The van der Waals surface area contributed by atoms with Crippen LogP contribution in [0.2, 0.25) is 0 Å². The number of halogens is 1. The van der Waals surface area contributed by atoms with Crippen molar-refractivity contribution in [1.29, 1.82) is 0 Å². The Hall–Kier alpha value is 0.730. The van der Waals surface area contributed by atoms with Crippen LogP contribution in [0.1, 0.15) is 47.5 Å². The zero-order chi connectivity index (χ0) is 9.57. The van der Waals surface area contributed by atoms with Crippen molar-refractivity contribution in [3.05, 3.63) is 0 Å². The smallest absolute Gasteiger partial charge is 0.0191 e. The van der Waals surface area contributed by atoms with E-state index in [2.05, 4.69) is 57.2 Å². The van der Waals surface area contributed by atoms with Crippen LogP contribution in [0.3, 0.4) is 0 Å². The summed E-state index contributed by atoms with van der Waals surface area (Å²) in [6, 6.07) is 0. The van der Waals surface area contributed by atoms with Gasteiger partial charge >= 0.3 is 0 Å². The van der Waals surface area contributed by atoms with Gasteiger partial charge < -0.3 is 0 Å². The fraction of sp³-hybridized carbons (Fsp3) is 1.00. The molecule has 0 spiro atoms. The number of hydrogen-bond acceptors (Lipinski definition) is 0. The van der Waals surface area contributed by atoms with Gasteiger partial charge in [0.15, 0.2) is 0 Å². The van der Waals surface area contributed by atoms with E-state index in [1.54, 1.807) is 0 Å². The first-order valence-electron chi connectivity index (χ1n) is 4.91. The summed E-state index contributed by atoms with van der Waals surface area (Å²) in [5, 5.41) is 0. The molecular weight excluding hydrogens is 259 g/mol. The summed E-state index contributed by atoms with van der Waals surface area (Å²) in [6.45, 7) is 12.1. The van der Waals surface area contributed by atoms with Gasteiger partial charge in [0, 0.05) is 3.92 Å². The summed E-state index contributed by atoms with van der Waals surface area (Å²) >= 11 is 2.65. The van der Waals surface area contributed by atoms with Crippen molar-refractivity contribution >= 4 is 22.6 Å². The zero-order valence-electron chi connectivity index (χ0n) is 8.95. The van der Waals surface area contributed by atoms with Gasteiger partial charge in [0.1, 0.15) is 0 Å². The molecule has 0 saturated heterocycles. The van der Waals surface area contributed by atoms with Gasteiger partial charge in [-0.1, -0.05) is 57.2 Å². The molecule has 0 bridgehead atoms. The van der Waals surface area contributed by atoms with E-state index in [0.717, 1.165) is 9.84 Å². The lowest BCUT2D eigenvalue weighted by Crippen LogP contribution is -2.43. The minimum absolute atomic E-state index is 0.551. The molecule has 2 atom stereocenters. The van der Waals surface area contributed by atoms with E-state index < -0.39 is 0 Å². The maximum atomic E-state index is 2.65. The summed E-state index contributed by atoms with van der Waals surface area (Å²) in [5.74, 6) is 0.849. The van der Waals surface area contributed by atoms with Crippen LogP contribution in [0, 0.1) is 16.7 Å². The third-order valence-corrected chi connectivity index (χ3v) is 6.60. The lowest BCUT2D eigenvalue weighted by Gasteiger charge is -2.48. The molecule has 72 valence electrons. The summed E-state index contributed by atoms with van der Waals surface area (Å²) in [7, 11) is 0. The van der Waals surface area contributed by atoms with Gasteiger partial charge in [-0.2, -0.15) is 0 Å². The Kier molecular flexibility index (Phi) is 2.83. The molecule has 0 N–H and O–H groups in total. The van der Waals surface area contributed by atoms with Crippen molar-refractivity contribution in [3.63, 3.8) is 0 Å². The zero-order valence-corrected chi connectivity index (χ0v) is 11.1. The highest BCUT2D eigenvalue weighted by Gasteiger charge is 2.43. The van der Waals surface area contributed by atoms with E-state index in [9.17, 15) is 0 Å². The van der Waals surface area contributed by atoms with E-state index in [4.69, 9.17) is 0 Å². The third kappa shape index (κ3) is 1.80. The average molecular weight is 280 g/mol. The molecule has 1 aliphatic carbocycles. The van der Waals surface area contributed by atoms with Gasteiger partial charge in [0.05, 0.1) is 0 Å². The molecule has 0 radical (unpaired) electrons. The van der Waals surface area contributed by atoms with Gasteiger partial charge in [-0.05, 0) is 29.6 Å². The lowest BCUT2D eigenvalue weighted by molar-refractivity contribution is 0.0829. The number of alkyl halides is 1. The van der Waals surface area contributed by atoms with Gasteiger partial charge in [-0.25, -0.2) is 0 Å². The highest BCUT2D eigenvalue weighted by atomic mass is 127. The Morgan fingerprint density at radius 3 is 1.83 bits per heavy atom. The molecule has 0 aromatic heterocycles. The minimum Gasteiger partial charge on any atom is -0.0817 e. The molecule has 1 heteroatoms. The summed E-state index contributed by atoms with van der Waals surface area (Å²) < 4.78 is 0.832. The Balaban J connectivity index is 2.80. The van der Waals surface area contributed by atoms with Crippen LogP contribution in [-0.2, 0) is 0 Å². The second-order valence-electron chi connectivity index (χ2n) is 5.67. The Morgan fingerprint density at radius 1 is 1.00 bits per heavy atom. The second kappa shape index (κ2) is 3.14. The van der Waals surface area contributed by atoms with Crippen molar-refractivity contribution in [2.45, 2.75) is 51.4 Å². The summed E-state index contributed by atoms with van der Waals surface area (Å²) in [4.78, 5) is 0. The maximum Gasteiger partial charge on any atom is 0.0191 e. The molecule has 0 aliphatic heterocycles. The van der Waals surface area contributed by atoms with Crippen molar-refractivity contribution in [2.75, 3.05) is 0 Å². The molecule has 1 saturated carbocycles. The van der Waals surface area contributed by atoms with E-state index in [-0.39, 0.29) is 0 Å². The van der Waals surface area contributed by atoms with Crippen LogP contribution in [0.15, 0.2) is 0 Å². The van der Waals surface area contributed by atoms with Gasteiger partial charge in [0.2, 0.25) is 0 Å². The molecule has 1 rings (SSSR count). The lowest BCUT2D eigenvalue weighted by atomic mass is 9.61. The molecule has 0 aromatic carbocycles. The van der Waals surface area contributed by atoms with Crippen LogP contribution in [-0.4, -0.2) is 3.92 Å². The first-order chi connectivity index (χ1) is 5.27. The first kappa shape index (κ1) is 10.8. The van der Waals surface area contributed by atoms with Crippen molar-refractivity contribution in [2.24, 2.45) is 16.7 Å². The molecule has 2 unspecified atom stereocenters. The minimum atomic E-state index is 0.551. The average Bonchev–Trinajstić information content (AvgIpc) is 1.96. The summed E-state index contributed by atoms with van der Waals surface area (Å²) in [5.41, 5.74) is 1.11. The van der Waals surface area contributed by atoms with Crippen molar-refractivity contribution < 1.29 is 0 Å². The fourth-order valence-corrected chi connectivity index (χ4v) is 3.37. The third-order valence-electron chi connectivity index (χ3n) is 3.83. The van der Waals surface area contributed by atoms with Gasteiger partial charge in [-0.3, -0.25) is 0 Å². The summed E-state index contributed by atoms with van der Waals surface area (Å²) in [6.07, 6.45) is 2.78. The topological polar surface area (TPSA) is 0 Å². The Morgan fingerprint density at radius 2 is 1.42 bits per heavy atom. The Labute approximate surface area is 90.6 Å². The molecule has 0 aromatic rings. The van der Waals surface area contributed by atoms with E-state index in [0.29, 0.717) is 10.8 Å². The Bertz CT molecular complexity index is 150. The molecule has 12 heavy (non-hydrogen) atoms. The fourth-order valence-electron chi connectivity index (χ4n) is 2.08. The highest BCUT2D eigenvalue weighted by Crippen LogP contribution is 2.51. The van der Waals surface area contributed by atoms with Crippen LogP contribution in [0.4, 0.5) is 0 Å². The SMILES string of the molecule is CC1C(I)C(C)(C)CCC1(C)C. The van der Waals surface area contributed by atoms with Crippen LogP contribution < -0.4 is 0 Å². The van der Waals surface area contributed by atoms with Crippen LogP contribution >= 0.6 is 22.6 Å². The predicted octanol–water partition coefficient (Wildman–Crippen LogP) is 4.27. The van der Waals surface area contributed by atoms with Crippen LogP contribution in [0.5, 0.6) is 0 Å². The molecule has 1 fully saturated rings. The molecule has 1 aliphatic rings. The van der Waals surface area contributed by atoms with Gasteiger partial charge in [-0.15, -0.1) is 0 Å². The van der Waals surface area contributed by atoms with Crippen molar-refractivity contribution in [3.8, 4) is 0 Å². The number of hydrogen-bond donors (Lipinski definition) is 0. The van der Waals surface area contributed by atoms with Crippen molar-refractivity contribution in [1.82, 2.24) is 0 Å². The van der Waals surface area contributed by atoms with E-state index in [1.807, 2.05) is 0 Å².